The third-order valence-corrected chi connectivity index (χ3v) is 5.99. The molecule has 1 unspecified atom stereocenters. The quantitative estimate of drug-likeness (QED) is 0.701. The maximum absolute atomic E-state index is 13.7. The van der Waals surface area contributed by atoms with Crippen molar-refractivity contribution < 1.29 is 36.4 Å². The van der Waals surface area contributed by atoms with Crippen LogP contribution in [0.3, 0.4) is 0 Å². The van der Waals surface area contributed by atoms with Gasteiger partial charge in [0, 0.05) is 6.42 Å². The molecule has 13 heteroatoms. The number of aromatic amines is 1. The topological polar surface area (TPSA) is 112 Å². The summed E-state index contributed by atoms with van der Waals surface area (Å²) in [5.41, 5.74) is -2.43. The van der Waals surface area contributed by atoms with Gasteiger partial charge in [-0.05, 0) is 12.1 Å². The predicted octanol–water partition coefficient (Wildman–Crippen LogP) is 1.54. The summed E-state index contributed by atoms with van der Waals surface area (Å²) in [4.78, 5) is 35.3. The molecule has 2 saturated heterocycles. The van der Waals surface area contributed by atoms with Gasteiger partial charge in [-0.1, -0.05) is 6.07 Å². The average Bonchev–Trinajstić information content (AvgIpc) is 3.06. The molecule has 2 aliphatic rings. The van der Waals surface area contributed by atoms with Crippen molar-refractivity contribution in [2.75, 3.05) is 6.61 Å². The Kier molecular flexibility index (Phi) is 5.32. The van der Waals surface area contributed by atoms with E-state index in [0.717, 1.165) is 16.7 Å². The molecule has 29 heavy (non-hydrogen) atoms. The maximum atomic E-state index is 13.7. The Morgan fingerprint density at radius 2 is 1.93 bits per heavy atom. The molecule has 1 aromatic heterocycles. The van der Waals surface area contributed by atoms with Gasteiger partial charge in [0.2, 0.25) is 5.82 Å². The molecule has 2 aliphatic heterocycles. The predicted molar refractivity (Wildman–Crippen MR) is 90.9 cm³/mol. The van der Waals surface area contributed by atoms with Gasteiger partial charge in [-0.2, -0.15) is 13.8 Å². The second-order valence-electron chi connectivity index (χ2n) is 6.39. The minimum atomic E-state index is -3.92. The fraction of sp³-hybridized carbons (Fsp3) is 0.375. The summed E-state index contributed by atoms with van der Waals surface area (Å²) in [6.07, 6.45) is -1.76. The van der Waals surface area contributed by atoms with E-state index in [1.54, 1.807) is 0 Å². The number of ether oxygens (including phenoxy) is 1. The number of benzene rings is 1. The Bertz CT molecular complexity index is 1030. The smallest absolute Gasteiger partial charge is 0.349 e. The lowest BCUT2D eigenvalue weighted by atomic mass is 10.2. The molecule has 0 aliphatic carbocycles. The second kappa shape index (κ2) is 7.63. The van der Waals surface area contributed by atoms with Gasteiger partial charge in [-0.15, -0.1) is 9.05 Å². The van der Waals surface area contributed by atoms with Gasteiger partial charge in [0.05, 0.1) is 11.8 Å². The van der Waals surface area contributed by atoms with Gasteiger partial charge in [0.1, 0.15) is 43.3 Å². The normalized spacial score (nSPS) is 29.0. The van der Waals surface area contributed by atoms with Crippen LogP contribution in [0.5, 0.6) is 0 Å². The minimum absolute atomic E-state index is 0.0130. The van der Waals surface area contributed by atoms with Crippen molar-refractivity contribution in [2.24, 2.45) is 0 Å². The zero-order valence-corrected chi connectivity index (χ0v) is 15.5. The highest BCUT2D eigenvalue weighted by Gasteiger charge is 2.58. The molecule has 156 valence electrons. The van der Waals surface area contributed by atoms with Gasteiger partial charge in [0.25, 0.3) is 5.56 Å². The first-order chi connectivity index (χ1) is 13.8. The fourth-order valence-corrected chi connectivity index (χ4v) is 4.45. The number of nitrogens with one attached hydrogen (secondary N) is 1. The molecule has 2 N–H and O–H groups in total. The first-order valence-corrected chi connectivity index (χ1v) is 9.94. The Labute approximate surface area is 161 Å². The second-order valence-corrected chi connectivity index (χ2v) is 8.05. The molecule has 4 atom stereocenters. The lowest BCUT2D eigenvalue weighted by molar-refractivity contribution is -0.0830. The van der Waals surface area contributed by atoms with E-state index in [1.165, 1.54) is 6.07 Å². The van der Waals surface area contributed by atoms with Crippen LogP contribution in [-0.2, 0) is 24.9 Å². The van der Waals surface area contributed by atoms with Gasteiger partial charge >= 0.3 is 13.9 Å². The van der Waals surface area contributed by atoms with E-state index in [-0.39, 0.29) is 13.0 Å². The number of hydrogen-bond donors (Lipinski definition) is 2. The number of rotatable bonds is 4. The summed E-state index contributed by atoms with van der Waals surface area (Å²) in [5.74, 6) is -2.87. The van der Waals surface area contributed by atoms with Crippen LogP contribution in [0.4, 0.5) is 13.2 Å². The molecule has 3 heterocycles. The number of H-pyrrole nitrogens is 1. The van der Waals surface area contributed by atoms with Crippen molar-refractivity contribution in [3.63, 3.8) is 0 Å². The molecule has 4 rings (SSSR count). The standard InChI is InChI=1S/C16H14F3N2O7P/c17-9-2-1-3-10(18)8(9)6-25-29(24)26-7-13-12(28-29)4-14(27-13)21-5-11(19)15(22)20-16(21)23/h1-3,5,12-14,24H,4,6-7H2/p+1/t12-,13+,14+,29?/m0/s1. The van der Waals surface area contributed by atoms with Gasteiger partial charge < -0.3 is 4.74 Å². The number of nitrogens with zero attached hydrogens (tertiary/aromatic N) is 1. The summed E-state index contributed by atoms with van der Waals surface area (Å²) < 4.78 is 63.1. The summed E-state index contributed by atoms with van der Waals surface area (Å²) in [6.45, 7) is -0.819. The van der Waals surface area contributed by atoms with Gasteiger partial charge in [-0.25, -0.2) is 13.6 Å². The Morgan fingerprint density at radius 3 is 2.66 bits per heavy atom. The highest BCUT2D eigenvalue weighted by Crippen LogP contribution is 2.63. The van der Waals surface area contributed by atoms with Crippen molar-refractivity contribution in [1.82, 2.24) is 9.55 Å². The highest BCUT2D eigenvalue weighted by molar-refractivity contribution is 7.55. The van der Waals surface area contributed by atoms with E-state index < -0.39 is 67.5 Å². The Hall–Kier alpha value is -2.08. The molecule has 0 radical (unpaired) electrons. The first-order valence-electron chi connectivity index (χ1n) is 8.44. The number of fused-ring (bicyclic) bond motifs is 1. The zero-order chi connectivity index (χ0) is 20.8. The SMILES string of the molecule is O=c1[nH]c(=O)n([C@H]2C[C@@H]3O[P+](O)(OCc4c(F)cccc4F)OC[C@H]3O2)cc1F. The molecular formula is C16H15F3N2O7P+. The van der Waals surface area contributed by atoms with E-state index in [9.17, 15) is 27.7 Å². The van der Waals surface area contributed by atoms with Crippen molar-refractivity contribution in [2.45, 2.75) is 31.5 Å². The van der Waals surface area contributed by atoms with Crippen molar-refractivity contribution in [1.29, 1.82) is 0 Å². The summed E-state index contributed by atoms with van der Waals surface area (Å²) in [5, 5.41) is 0. The van der Waals surface area contributed by atoms with E-state index in [2.05, 4.69) is 0 Å². The first kappa shape index (κ1) is 20.2. The monoisotopic (exact) mass is 435 g/mol. The molecule has 1 aromatic carbocycles. The molecule has 0 spiro atoms. The lowest BCUT2D eigenvalue weighted by Gasteiger charge is -2.26. The summed E-state index contributed by atoms with van der Waals surface area (Å²) in [6, 6.07) is 3.27. The van der Waals surface area contributed by atoms with Crippen LogP contribution in [0.25, 0.3) is 0 Å². The summed E-state index contributed by atoms with van der Waals surface area (Å²) >= 11 is 0. The van der Waals surface area contributed by atoms with Crippen LogP contribution < -0.4 is 11.2 Å². The molecule has 0 bridgehead atoms. The number of hydrogen-bond acceptors (Lipinski definition) is 7. The van der Waals surface area contributed by atoms with Crippen LogP contribution in [0.1, 0.15) is 18.2 Å². The van der Waals surface area contributed by atoms with E-state index >= 15 is 0 Å². The van der Waals surface area contributed by atoms with E-state index in [0.29, 0.717) is 6.20 Å². The average molecular weight is 435 g/mol. The lowest BCUT2D eigenvalue weighted by Crippen LogP contribution is -2.35. The molecule has 2 fully saturated rings. The van der Waals surface area contributed by atoms with Crippen LogP contribution in [0.15, 0.2) is 34.0 Å². The van der Waals surface area contributed by atoms with Gasteiger partial charge in [0.15, 0.2) is 0 Å². The Balaban J connectivity index is 1.45. The maximum Gasteiger partial charge on any atom is 0.573 e. The van der Waals surface area contributed by atoms with Crippen LogP contribution in [0, 0.1) is 17.5 Å². The van der Waals surface area contributed by atoms with Gasteiger partial charge in [-0.3, -0.25) is 14.3 Å². The van der Waals surface area contributed by atoms with Crippen LogP contribution >= 0.6 is 8.17 Å². The minimum Gasteiger partial charge on any atom is -0.349 e. The Morgan fingerprint density at radius 1 is 1.21 bits per heavy atom. The molecule has 2 aromatic rings. The molecule has 0 amide bonds. The largest absolute Gasteiger partial charge is 0.573 e. The molecule has 9 nitrogen and oxygen atoms in total. The van der Waals surface area contributed by atoms with E-state index in [1.807, 2.05) is 4.98 Å². The number of aromatic nitrogens is 2. The molecule has 0 saturated carbocycles. The third kappa shape index (κ3) is 4.00. The van der Waals surface area contributed by atoms with E-state index in [4.69, 9.17) is 18.3 Å². The number of halogens is 3. The van der Waals surface area contributed by atoms with Crippen molar-refractivity contribution in [3.05, 3.63) is 68.2 Å². The van der Waals surface area contributed by atoms with Crippen LogP contribution in [-0.4, -0.2) is 33.3 Å². The fourth-order valence-electron chi connectivity index (χ4n) is 3.06. The third-order valence-electron chi connectivity index (χ3n) is 4.52. The van der Waals surface area contributed by atoms with Crippen molar-refractivity contribution in [3.8, 4) is 0 Å². The van der Waals surface area contributed by atoms with Crippen molar-refractivity contribution >= 4 is 8.17 Å². The highest BCUT2D eigenvalue weighted by atomic mass is 31.2. The molecular weight excluding hydrogens is 420 g/mol. The zero-order valence-electron chi connectivity index (χ0n) is 14.6. The summed E-state index contributed by atoms with van der Waals surface area (Å²) in [7, 11) is -3.92. The van der Waals surface area contributed by atoms with Crippen LogP contribution in [0.2, 0.25) is 0 Å².